The van der Waals surface area contributed by atoms with E-state index < -0.39 is 0 Å². The molecule has 2 heterocycles. The van der Waals surface area contributed by atoms with Gasteiger partial charge in [-0.25, -0.2) is 9.97 Å². The molecule has 0 aliphatic heterocycles. The number of carbonyl (C=O) groups is 1. The summed E-state index contributed by atoms with van der Waals surface area (Å²) in [6.07, 6.45) is 0. The van der Waals surface area contributed by atoms with Crippen LogP contribution in [0.5, 0.6) is 0 Å². The Morgan fingerprint density at radius 1 is 1.41 bits per heavy atom. The minimum absolute atomic E-state index is 0.0795. The van der Waals surface area contributed by atoms with E-state index in [1.165, 1.54) is 23.3 Å². The van der Waals surface area contributed by atoms with E-state index in [0.29, 0.717) is 16.7 Å². The summed E-state index contributed by atoms with van der Waals surface area (Å²) in [4.78, 5) is 23.9. The number of imidazole rings is 1. The Morgan fingerprint density at radius 2 is 2.23 bits per heavy atom. The van der Waals surface area contributed by atoms with Crippen molar-refractivity contribution in [3.05, 3.63) is 35.9 Å². The highest BCUT2D eigenvalue weighted by atomic mass is 32.2. The molecule has 3 aromatic rings. The molecule has 6 nitrogen and oxygen atoms in total. The molecule has 0 radical (unpaired) electrons. The Balaban J connectivity index is 1.57. The quantitative estimate of drug-likeness (QED) is 0.749. The summed E-state index contributed by atoms with van der Waals surface area (Å²) in [5.41, 5.74) is 1.96. The lowest BCUT2D eigenvalue weighted by Crippen LogP contribution is -2.14. The number of hydrogen-bond donors (Lipinski definition) is 2. The number of H-pyrrole nitrogens is 1. The molecule has 2 N–H and O–H groups in total. The van der Waals surface area contributed by atoms with Crippen molar-refractivity contribution in [2.75, 3.05) is 11.1 Å². The summed E-state index contributed by atoms with van der Waals surface area (Å²) in [6, 6.07) is 7.90. The van der Waals surface area contributed by atoms with Gasteiger partial charge in [-0.05, 0) is 26.0 Å². The van der Waals surface area contributed by atoms with Gasteiger partial charge in [-0.3, -0.25) is 4.79 Å². The van der Waals surface area contributed by atoms with Gasteiger partial charge in [0, 0.05) is 11.5 Å². The average molecular weight is 333 g/mol. The maximum absolute atomic E-state index is 11.9. The molecule has 0 fully saturated rings. The van der Waals surface area contributed by atoms with Crippen molar-refractivity contribution in [3.63, 3.8) is 0 Å². The van der Waals surface area contributed by atoms with Crippen LogP contribution in [0.2, 0.25) is 0 Å². The fourth-order valence-electron chi connectivity index (χ4n) is 1.95. The second-order valence-electron chi connectivity index (χ2n) is 4.79. The van der Waals surface area contributed by atoms with Crippen LogP contribution in [-0.4, -0.2) is 31.0 Å². The molecule has 0 saturated carbocycles. The number of nitrogens with zero attached hydrogens (tertiary/aromatic N) is 3. The monoisotopic (exact) mass is 333 g/mol. The smallest absolute Gasteiger partial charge is 0.236 e. The SMILES string of the molecule is Cc1nsc(NC(=O)CS[C@@H](C)c2nc3ccccc3[nH]2)n1. The molecule has 1 aromatic carbocycles. The van der Waals surface area contributed by atoms with E-state index in [4.69, 9.17) is 0 Å². The van der Waals surface area contributed by atoms with Crippen molar-refractivity contribution in [2.24, 2.45) is 0 Å². The molecule has 114 valence electrons. The van der Waals surface area contributed by atoms with Crippen molar-refractivity contribution in [2.45, 2.75) is 19.1 Å². The molecule has 3 rings (SSSR count). The maximum atomic E-state index is 11.9. The van der Waals surface area contributed by atoms with Gasteiger partial charge in [0.25, 0.3) is 0 Å². The Bertz CT molecular complexity index is 764. The predicted molar refractivity (Wildman–Crippen MR) is 90.2 cm³/mol. The molecule has 8 heteroatoms. The molecule has 22 heavy (non-hydrogen) atoms. The number of aryl methyl sites for hydroxylation is 1. The first-order valence-corrected chi connectivity index (χ1v) is 8.60. The topological polar surface area (TPSA) is 83.6 Å². The number of amides is 1. The molecule has 0 bridgehead atoms. The lowest BCUT2D eigenvalue weighted by atomic mass is 10.3. The normalized spacial score (nSPS) is 12.5. The molecule has 1 amide bonds. The number of aromatic amines is 1. The van der Waals surface area contributed by atoms with E-state index in [2.05, 4.69) is 24.6 Å². The predicted octanol–water partition coefficient (Wildman–Crippen LogP) is 3.16. The van der Waals surface area contributed by atoms with Crippen LogP contribution >= 0.6 is 23.3 Å². The fraction of sp³-hybridized carbons (Fsp3) is 0.286. The van der Waals surface area contributed by atoms with Crippen LogP contribution in [0, 0.1) is 6.92 Å². The first kappa shape index (κ1) is 15.0. The number of hydrogen-bond acceptors (Lipinski definition) is 6. The molecule has 1 atom stereocenters. The second kappa shape index (κ2) is 6.45. The zero-order valence-electron chi connectivity index (χ0n) is 12.2. The third-order valence-electron chi connectivity index (χ3n) is 3.03. The maximum Gasteiger partial charge on any atom is 0.236 e. The number of rotatable bonds is 5. The van der Waals surface area contributed by atoms with Crippen LogP contribution in [0.25, 0.3) is 11.0 Å². The summed E-state index contributed by atoms with van der Waals surface area (Å²) >= 11 is 2.72. The van der Waals surface area contributed by atoms with E-state index in [-0.39, 0.29) is 11.2 Å². The van der Waals surface area contributed by atoms with E-state index in [1.54, 1.807) is 6.92 Å². The summed E-state index contributed by atoms with van der Waals surface area (Å²) in [6.45, 7) is 3.83. The second-order valence-corrected chi connectivity index (χ2v) is 6.87. The first-order valence-electron chi connectivity index (χ1n) is 6.78. The highest BCUT2D eigenvalue weighted by Crippen LogP contribution is 2.27. The average Bonchev–Trinajstić information content (AvgIpc) is 3.10. The first-order chi connectivity index (χ1) is 10.6. The highest BCUT2D eigenvalue weighted by molar-refractivity contribution is 8.00. The van der Waals surface area contributed by atoms with E-state index in [1.807, 2.05) is 31.2 Å². The number of anilines is 1. The molecular formula is C14H15N5OS2. The molecule has 0 unspecified atom stereocenters. The van der Waals surface area contributed by atoms with Gasteiger partial charge in [0.05, 0.1) is 22.0 Å². The summed E-state index contributed by atoms with van der Waals surface area (Å²) in [7, 11) is 0. The van der Waals surface area contributed by atoms with Gasteiger partial charge in [0.2, 0.25) is 11.0 Å². The van der Waals surface area contributed by atoms with Gasteiger partial charge in [0.15, 0.2) is 0 Å². The van der Waals surface area contributed by atoms with Crippen molar-refractivity contribution in [1.29, 1.82) is 0 Å². The largest absolute Gasteiger partial charge is 0.341 e. The van der Waals surface area contributed by atoms with E-state index in [0.717, 1.165) is 16.9 Å². The third kappa shape index (κ3) is 3.45. The minimum atomic E-state index is -0.0795. The van der Waals surface area contributed by atoms with Gasteiger partial charge in [-0.15, -0.1) is 11.8 Å². The summed E-state index contributed by atoms with van der Waals surface area (Å²) in [5, 5.41) is 3.40. The van der Waals surface area contributed by atoms with Gasteiger partial charge in [0.1, 0.15) is 11.6 Å². The minimum Gasteiger partial charge on any atom is -0.341 e. The number of thioether (sulfide) groups is 1. The van der Waals surface area contributed by atoms with Crippen LogP contribution in [0.3, 0.4) is 0 Å². The van der Waals surface area contributed by atoms with Crippen LogP contribution < -0.4 is 5.32 Å². The van der Waals surface area contributed by atoms with E-state index >= 15 is 0 Å². The van der Waals surface area contributed by atoms with Crippen molar-refractivity contribution < 1.29 is 4.79 Å². The Hall–Kier alpha value is -1.93. The summed E-state index contributed by atoms with van der Waals surface area (Å²) in [5.74, 6) is 1.81. The lowest BCUT2D eigenvalue weighted by Gasteiger charge is -2.07. The lowest BCUT2D eigenvalue weighted by molar-refractivity contribution is -0.113. The van der Waals surface area contributed by atoms with Gasteiger partial charge in [-0.1, -0.05) is 12.1 Å². The molecule has 2 aromatic heterocycles. The molecule has 0 aliphatic carbocycles. The Kier molecular flexibility index (Phi) is 4.39. The fourth-order valence-corrected chi connectivity index (χ4v) is 3.28. The van der Waals surface area contributed by atoms with Gasteiger partial charge in [-0.2, -0.15) is 4.37 Å². The number of para-hydroxylation sites is 2. The zero-order valence-corrected chi connectivity index (χ0v) is 13.8. The Labute approximate surface area is 135 Å². The molecule has 0 saturated heterocycles. The summed E-state index contributed by atoms with van der Waals surface area (Å²) < 4.78 is 4.03. The highest BCUT2D eigenvalue weighted by Gasteiger charge is 2.14. The number of nitrogens with one attached hydrogen (secondary N) is 2. The zero-order chi connectivity index (χ0) is 15.5. The standard InChI is InChI=1S/C14H15N5OS2/c1-8(13-16-10-5-3-4-6-11(10)17-13)21-7-12(20)18-14-15-9(2)19-22-14/h3-6,8H,7H2,1-2H3,(H,16,17)(H,15,18,19,20)/t8-/m0/s1. The van der Waals surface area contributed by atoms with Gasteiger partial charge < -0.3 is 10.3 Å². The van der Waals surface area contributed by atoms with Crippen molar-refractivity contribution in [3.8, 4) is 0 Å². The van der Waals surface area contributed by atoms with Gasteiger partial charge >= 0.3 is 0 Å². The number of carbonyl (C=O) groups excluding carboxylic acids is 1. The number of benzene rings is 1. The van der Waals surface area contributed by atoms with Crippen molar-refractivity contribution >= 4 is 45.4 Å². The van der Waals surface area contributed by atoms with E-state index in [9.17, 15) is 4.79 Å². The molecule has 0 aliphatic rings. The van der Waals surface area contributed by atoms with Crippen LogP contribution in [0.15, 0.2) is 24.3 Å². The van der Waals surface area contributed by atoms with Crippen LogP contribution in [0.1, 0.15) is 23.8 Å². The molecular weight excluding hydrogens is 318 g/mol. The van der Waals surface area contributed by atoms with Crippen molar-refractivity contribution in [1.82, 2.24) is 19.3 Å². The van der Waals surface area contributed by atoms with Crippen LogP contribution in [0.4, 0.5) is 5.13 Å². The van der Waals surface area contributed by atoms with Crippen LogP contribution in [-0.2, 0) is 4.79 Å². The number of aromatic nitrogens is 4. The number of fused-ring (bicyclic) bond motifs is 1. The molecule has 0 spiro atoms. The Morgan fingerprint density at radius 3 is 2.95 bits per heavy atom. The third-order valence-corrected chi connectivity index (χ3v) is 4.91.